The maximum absolute atomic E-state index is 5.29. The van der Waals surface area contributed by atoms with Gasteiger partial charge >= 0.3 is 0 Å². The molecule has 1 aliphatic heterocycles. The minimum Gasteiger partial charge on any atom is -0.497 e. The number of pyridine rings is 1. The van der Waals surface area contributed by atoms with Gasteiger partial charge in [0.15, 0.2) is 5.82 Å². The van der Waals surface area contributed by atoms with Gasteiger partial charge in [-0.2, -0.15) is 5.10 Å². The Morgan fingerprint density at radius 1 is 1.00 bits per heavy atom. The largest absolute Gasteiger partial charge is 0.497 e. The van der Waals surface area contributed by atoms with Crippen molar-refractivity contribution < 1.29 is 4.74 Å². The lowest BCUT2D eigenvalue weighted by Gasteiger charge is -2.36. The van der Waals surface area contributed by atoms with Crippen molar-refractivity contribution in [3.05, 3.63) is 42.5 Å². The second kappa shape index (κ2) is 5.99. The smallest absolute Gasteiger partial charge is 0.154 e. The van der Waals surface area contributed by atoms with Crippen LogP contribution in [0.4, 0.5) is 11.6 Å². The molecule has 24 heavy (non-hydrogen) atoms. The van der Waals surface area contributed by atoms with Gasteiger partial charge in [0.1, 0.15) is 17.1 Å². The number of methoxy groups -OCH3 is 1. The molecule has 4 rings (SSSR count). The molecule has 0 saturated carbocycles. The monoisotopic (exact) mass is 324 g/mol. The Kier molecular flexibility index (Phi) is 3.68. The molecule has 1 fully saturated rings. The normalized spacial score (nSPS) is 15.1. The highest BCUT2D eigenvalue weighted by Crippen LogP contribution is 2.23. The van der Waals surface area contributed by atoms with Crippen LogP contribution < -0.4 is 14.5 Å². The summed E-state index contributed by atoms with van der Waals surface area (Å²) < 4.78 is 7.19. The van der Waals surface area contributed by atoms with Gasteiger partial charge < -0.3 is 14.5 Å². The summed E-state index contributed by atoms with van der Waals surface area (Å²) in [4.78, 5) is 13.6. The minimum atomic E-state index is 0.837. The molecule has 7 heteroatoms. The summed E-state index contributed by atoms with van der Waals surface area (Å²) in [6.45, 7) is 5.60. The molecule has 7 nitrogen and oxygen atoms in total. The molecular weight excluding hydrogens is 304 g/mol. The molecule has 1 aliphatic rings. The SMILES string of the molecule is COc1ccnc(N2CCN(c3nccn4nc(C)cc34)CC2)c1. The predicted molar refractivity (Wildman–Crippen MR) is 92.9 cm³/mol. The number of hydrogen-bond acceptors (Lipinski definition) is 6. The van der Waals surface area contributed by atoms with Crippen molar-refractivity contribution in [2.45, 2.75) is 6.92 Å². The molecule has 3 aromatic rings. The molecule has 3 aromatic heterocycles. The summed E-state index contributed by atoms with van der Waals surface area (Å²) in [5.41, 5.74) is 2.06. The van der Waals surface area contributed by atoms with E-state index in [1.807, 2.05) is 36.0 Å². The second-order valence-corrected chi connectivity index (χ2v) is 5.89. The van der Waals surface area contributed by atoms with Crippen molar-refractivity contribution in [2.75, 3.05) is 43.1 Å². The number of rotatable bonds is 3. The first kappa shape index (κ1) is 14.7. The zero-order valence-corrected chi connectivity index (χ0v) is 13.9. The van der Waals surface area contributed by atoms with E-state index in [4.69, 9.17) is 4.74 Å². The molecule has 0 unspecified atom stereocenters. The van der Waals surface area contributed by atoms with E-state index in [9.17, 15) is 0 Å². The van der Waals surface area contributed by atoms with Crippen LogP contribution in [0.1, 0.15) is 5.69 Å². The van der Waals surface area contributed by atoms with Crippen molar-refractivity contribution in [2.24, 2.45) is 0 Å². The molecule has 1 saturated heterocycles. The van der Waals surface area contributed by atoms with Crippen LogP contribution in [0.3, 0.4) is 0 Å². The lowest BCUT2D eigenvalue weighted by atomic mass is 10.3. The molecule has 124 valence electrons. The zero-order valence-electron chi connectivity index (χ0n) is 13.9. The summed E-state index contributed by atoms with van der Waals surface area (Å²) >= 11 is 0. The van der Waals surface area contributed by atoms with Gasteiger partial charge in [0.25, 0.3) is 0 Å². The Balaban J connectivity index is 1.53. The number of anilines is 2. The Morgan fingerprint density at radius 3 is 2.58 bits per heavy atom. The molecule has 0 atom stereocenters. The lowest BCUT2D eigenvalue weighted by Crippen LogP contribution is -2.47. The summed E-state index contributed by atoms with van der Waals surface area (Å²) in [6, 6.07) is 5.93. The van der Waals surface area contributed by atoms with E-state index in [-0.39, 0.29) is 0 Å². The van der Waals surface area contributed by atoms with E-state index in [1.54, 1.807) is 13.3 Å². The number of fused-ring (bicyclic) bond motifs is 1. The van der Waals surface area contributed by atoms with Gasteiger partial charge in [0.05, 0.1) is 12.8 Å². The average molecular weight is 324 g/mol. The number of piperazine rings is 1. The molecule has 0 bridgehead atoms. The molecule has 0 spiro atoms. The highest BCUT2D eigenvalue weighted by atomic mass is 16.5. The van der Waals surface area contributed by atoms with E-state index in [0.717, 1.165) is 54.8 Å². The Morgan fingerprint density at radius 2 is 1.79 bits per heavy atom. The molecule has 0 N–H and O–H groups in total. The van der Waals surface area contributed by atoms with Crippen LogP contribution in [-0.4, -0.2) is 52.9 Å². The van der Waals surface area contributed by atoms with E-state index in [1.165, 1.54) is 0 Å². The molecule has 4 heterocycles. The van der Waals surface area contributed by atoms with E-state index in [0.29, 0.717) is 0 Å². The lowest BCUT2D eigenvalue weighted by molar-refractivity contribution is 0.414. The van der Waals surface area contributed by atoms with Gasteiger partial charge in [-0.1, -0.05) is 0 Å². The first-order valence-corrected chi connectivity index (χ1v) is 8.05. The molecule has 0 amide bonds. The standard InChI is InChI=1S/C17H20N6O/c1-13-11-15-17(19-5-6-23(15)20-13)22-9-7-21(8-10-22)16-12-14(24-2)3-4-18-16/h3-6,11-12H,7-10H2,1-2H3. The summed E-state index contributed by atoms with van der Waals surface area (Å²) in [6.07, 6.45) is 5.49. The Bertz CT molecular complexity index is 853. The third-order valence-electron chi connectivity index (χ3n) is 4.35. The minimum absolute atomic E-state index is 0.837. The van der Waals surface area contributed by atoms with Gasteiger partial charge in [0.2, 0.25) is 0 Å². The fraction of sp³-hybridized carbons (Fsp3) is 0.353. The Labute approximate surface area is 140 Å². The fourth-order valence-corrected chi connectivity index (χ4v) is 3.12. The first-order valence-electron chi connectivity index (χ1n) is 8.05. The van der Waals surface area contributed by atoms with Crippen LogP contribution in [0.15, 0.2) is 36.8 Å². The van der Waals surface area contributed by atoms with Crippen molar-refractivity contribution in [1.29, 1.82) is 0 Å². The number of aromatic nitrogens is 4. The molecule has 0 radical (unpaired) electrons. The van der Waals surface area contributed by atoms with Gasteiger partial charge in [-0.05, 0) is 19.1 Å². The number of hydrogen-bond donors (Lipinski definition) is 0. The average Bonchev–Trinajstić information content (AvgIpc) is 3.02. The van der Waals surface area contributed by atoms with Crippen LogP contribution in [0, 0.1) is 6.92 Å². The van der Waals surface area contributed by atoms with Gasteiger partial charge in [0, 0.05) is 50.8 Å². The highest BCUT2D eigenvalue weighted by molar-refractivity contribution is 5.69. The quantitative estimate of drug-likeness (QED) is 0.732. The maximum Gasteiger partial charge on any atom is 0.154 e. The van der Waals surface area contributed by atoms with Crippen molar-refractivity contribution in [1.82, 2.24) is 19.6 Å². The third-order valence-corrected chi connectivity index (χ3v) is 4.35. The molecule has 0 aromatic carbocycles. The Hall–Kier alpha value is -2.83. The predicted octanol–water partition coefficient (Wildman–Crippen LogP) is 1.77. The molecule has 0 aliphatic carbocycles. The van der Waals surface area contributed by atoms with Crippen molar-refractivity contribution >= 4 is 17.2 Å². The van der Waals surface area contributed by atoms with Gasteiger partial charge in [-0.3, -0.25) is 0 Å². The topological polar surface area (TPSA) is 58.8 Å². The zero-order chi connectivity index (χ0) is 16.5. The van der Waals surface area contributed by atoms with E-state index >= 15 is 0 Å². The van der Waals surface area contributed by atoms with Crippen molar-refractivity contribution in [3.63, 3.8) is 0 Å². The van der Waals surface area contributed by atoms with E-state index < -0.39 is 0 Å². The number of ether oxygens (including phenoxy) is 1. The van der Waals surface area contributed by atoms with Crippen LogP contribution in [-0.2, 0) is 0 Å². The fourth-order valence-electron chi connectivity index (χ4n) is 3.12. The number of aryl methyl sites for hydroxylation is 1. The summed E-state index contributed by atoms with van der Waals surface area (Å²) in [7, 11) is 1.68. The first-order chi connectivity index (χ1) is 11.7. The van der Waals surface area contributed by atoms with E-state index in [2.05, 4.69) is 30.9 Å². The van der Waals surface area contributed by atoms with Crippen molar-refractivity contribution in [3.8, 4) is 5.75 Å². The summed E-state index contributed by atoms with van der Waals surface area (Å²) in [5.74, 6) is 2.79. The second-order valence-electron chi connectivity index (χ2n) is 5.89. The summed E-state index contributed by atoms with van der Waals surface area (Å²) in [5, 5.41) is 4.47. The van der Waals surface area contributed by atoms with Gasteiger partial charge in [-0.25, -0.2) is 14.5 Å². The molecular formula is C17H20N6O. The van der Waals surface area contributed by atoms with Crippen LogP contribution in [0.25, 0.3) is 5.52 Å². The van der Waals surface area contributed by atoms with Crippen LogP contribution in [0.2, 0.25) is 0 Å². The maximum atomic E-state index is 5.29. The third kappa shape index (κ3) is 2.62. The highest BCUT2D eigenvalue weighted by Gasteiger charge is 2.21. The van der Waals surface area contributed by atoms with Crippen LogP contribution in [0.5, 0.6) is 5.75 Å². The number of nitrogens with zero attached hydrogens (tertiary/aromatic N) is 6. The van der Waals surface area contributed by atoms with Crippen LogP contribution >= 0.6 is 0 Å². The van der Waals surface area contributed by atoms with Gasteiger partial charge in [-0.15, -0.1) is 0 Å².